The SMILES string of the molecule is CC(=O)Nc1ccc(NC(=O)CCc2ncc(-c3ccccc3Cl)o2)cc1Cl. The van der Waals surface area contributed by atoms with Gasteiger partial charge in [-0.2, -0.15) is 0 Å². The molecule has 8 heteroatoms. The van der Waals surface area contributed by atoms with Crippen molar-refractivity contribution < 1.29 is 14.0 Å². The van der Waals surface area contributed by atoms with Gasteiger partial charge < -0.3 is 15.1 Å². The van der Waals surface area contributed by atoms with Crippen LogP contribution in [0.5, 0.6) is 0 Å². The Kier molecular flexibility index (Phi) is 6.34. The summed E-state index contributed by atoms with van der Waals surface area (Å²) in [6.07, 6.45) is 2.12. The van der Waals surface area contributed by atoms with E-state index in [0.29, 0.717) is 39.5 Å². The Bertz CT molecular complexity index is 1020. The molecule has 2 aromatic carbocycles. The van der Waals surface area contributed by atoms with Crippen molar-refractivity contribution in [1.29, 1.82) is 0 Å². The molecule has 0 radical (unpaired) electrons. The van der Waals surface area contributed by atoms with Crippen LogP contribution in [0.4, 0.5) is 11.4 Å². The fraction of sp³-hybridized carbons (Fsp3) is 0.150. The minimum absolute atomic E-state index is 0.188. The predicted molar refractivity (Wildman–Crippen MR) is 110 cm³/mol. The van der Waals surface area contributed by atoms with Gasteiger partial charge in [-0.05, 0) is 30.3 Å². The maximum Gasteiger partial charge on any atom is 0.224 e. The number of carbonyl (C=O) groups excluding carboxylic acids is 2. The molecule has 0 aliphatic carbocycles. The highest BCUT2D eigenvalue weighted by Crippen LogP contribution is 2.28. The number of rotatable bonds is 6. The van der Waals surface area contributed by atoms with Crippen LogP contribution < -0.4 is 10.6 Å². The van der Waals surface area contributed by atoms with Crippen molar-refractivity contribution in [3.05, 3.63) is 64.6 Å². The number of amides is 2. The van der Waals surface area contributed by atoms with Gasteiger partial charge in [-0.25, -0.2) is 4.98 Å². The molecule has 0 spiro atoms. The highest BCUT2D eigenvalue weighted by molar-refractivity contribution is 6.34. The van der Waals surface area contributed by atoms with Gasteiger partial charge in [0.2, 0.25) is 11.8 Å². The van der Waals surface area contributed by atoms with Crippen LogP contribution in [0.25, 0.3) is 11.3 Å². The summed E-state index contributed by atoms with van der Waals surface area (Å²) in [7, 11) is 0. The number of anilines is 2. The molecule has 1 aromatic heterocycles. The van der Waals surface area contributed by atoms with Crippen LogP contribution in [0.15, 0.2) is 53.1 Å². The average molecular weight is 418 g/mol. The molecule has 0 bridgehead atoms. The first kappa shape index (κ1) is 19.9. The monoisotopic (exact) mass is 417 g/mol. The summed E-state index contributed by atoms with van der Waals surface area (Å²) < 4.78 is 5.69. The molecule has 0 fully saturated rings. The largest absolute Gasteiger partial charge is 0.441 e. The minimum atomic E-state index is -0.221. The van der Waals surface area contributed by atoms with E-state index < -0.39 is 0 Å². The van der Waals surface area contributed by atoms with Crippen molar-refractivity contribution in [2.24, 2.45) is 0 Å². The Morgan fingerprint density at radius 2 is 1.86 bits per heavy atom. The molecule has 2 N–H and O–H groups in total. The van der Waals surface area contributed by atoms with E-state index in [2.05, 4.69) is 15.6 Å². The second-order valence-electron chi connectivity index (χ2n) is 6.02. The van der Waals surface area contributed by atoms with Crippen LogP contribution in [0.2, 0.25) is 10.0 Å². The Morgan fingerprint density at radius 3 is 2.57 bits per heavy atom. The van der Waals surface area contributed by atoms with Crippen molar-refractivity contribution >= 4 is 46.4 Å². The first-order valence-electron chi connectivity index (χ1n) is 8.49. The molecule has 2 amide bonds. The number of nitrogens with zero attached hydrogens (tertiary/aromatic N) is 1. The number of aromatic nitrogens is 1. The average Bonchev–Trinajstić information content (AvgIpc) is 3.11. The molecule has 6 nitrogen and oxygen atoms in total. The fourth-order valence-corrected chi connectivity index (χ4v) is 3.00. The molecule has 0 atom stereocenters. The Labute approximate surface area is 171 Å². The highest BCUT2D eigenvalue weighted by atomic mass is 35.5. The van der Waals surface area contributed by atoms with Crippen molar-refractivity contribution in [2.75, 3.05) is 10.6 Å². The van der Waals surface area contributed by atoms with Gasteiger partial charge in [0.15, 0.2) is 11.7 Å². The van der Waals surface area contributed by atoms with Gasteiger partial charge in [-0.1, -0.05) is 35.3 Å². The smallest absolute Gasteiger partial charge is 0.224 e. The molecular formula is C20H17Cl2N3O3. The molecular weight excluding hydrogens is 401 g/mol. The zero-order valence-corrected chi connectivity index (χ0v) is 16.5. The van der Waals surface area contributed by atoms with Gasteiger partial charge in [0.25, 0.3) is 0 Å². The van der Waals surface area contributed by atoms with Crippen LogP contribution in [0.1, 0.15) is 19.2 Å². The summed E-state index contributed by atoms with van der Waals surface area (Å²) in [4.78, 5) is 27.5. The zero-order chi connectivity index (χ0) is 20.1. The first-order chi connectivity index (χ1) is 13.4. The number of oxazole rings is 1. The summed E-state index contributed by atoms with van der Waals surface area (Å²) in [5.41, 5.74) is 1.77. The topological polar surface area (TPSA) is 84.2 Å². The van der Waals surface area contributed by atoms with Gasteiger partial charge in [0, 0.05) is 31.0 Å². The third-order valence-corrected chi connectivity index (χ3v) is 4.46. The molecule has 0 saturated carbocycles. The second kappa shape index (κ2) is 8.91. The van der Waals surface area contributed by atoms with Gasteiger partial charge in [-0.3, -0.25) is 9.59 Å². The van der Waals surface area contributed by atoms with E-state index in [-0.39, 0.29) is 18.2 Å². The van der Waals surface area contributed by atoms with Crippen LogP contribution in [-0.2, 0) is 16.0 Å². The third-order valence-electron chi connectivity index (χ3n) is 3.82. The van der Waals surface area contributed by atoms with Gasteiger partial charge in [0.05, 0.1) is 21.9 Å². The first-order valence-corrected chi connectivity index (χ1v) is 9.24. The van der Waals surface area contributed by atoms with E-state index in [9.17, 15) is 9.59 Å². The highest BCUT2D eigenvalue weighted by Gasteiger charge is 2.12. The summed E-state index contributed by atoms with van der Waals surface area (Å²) in [6.45, 7) is 1.39. The lowest BCUT2D eigenvalue weighted by atomic mass is 10.2. The lowest BCUT2D eigenvalue weighted by Gasteiger charge is -2.08. The van der Waals surface area contributed by atoms with Crippen LogP contribution in [-0.4, -0.2) is 16.8 Å². The molecule has 144 valence electrons. The Hall–Kier alpha value is -2.83. The van der Waals surface area contributed by atoms with Crippen LogP contribution in [0, 0.1) is 0 Å². The maximum atomic E-state index is 12.2. The molecule has 0 unspecified atom stereocenters. The van der Waals surface area contributed by atoms with E-state index >= 15 is 0 Å². The van der Waals surface area contributed by atoms with E-state index in [1.165, 1.54) is 6.92 Å². The second-order valence-corrected chi connectivity index (χ2v) is 6.84. The van der Waals surface area contributed by atoms with Crippen LogP contribution >= 0.6 is 23.2 Å². The fourth-order valence-electron chi connectivity index (χ4n) is 2.54. The number of hydrogen-bond donors (Lipinski definition) is 2. The lowest BCUT2D eigenvalue weighted by molar-refractivity contribution is -0.116. The summed E-state index contributed by atoms with van der Waals surface area (Å²) in [5.74, 6) is 0.576. The number of nitrogens with one attached hydrogen (secondary N) is 2. The van der Waals surface area contributed by atoms with Crippen molar-refractivity contribution in [3.8, 4) is 11.3 Å². The third kappa shape index (κ3) is 5.12. The van der Waals surface area contributed by atoms with E-state index in [4.69, 9.17) is 27.6 Å². The van der Waals surface area contributed by atoms with Crippen molar-refractivity contribution in [1.82, 2.24) is 4.98 Å². The number of hydrogen-bond acceptors (Lipinski definition) is 4. The molecule has 3 rings (SSSR count). The Morgan fingerprint density at radius 1 is 1.07 bits per heavy atom. The lowest BCUT2D eigenvalue weighted by Crippen LogP contribution is -2.13. The van der Waals surface area contributed by atoms with Gasteiger partial charge >= 0.3 is 0 Å². The van der Waals surface area contributed by atoms with Crippen LogP contribution in [0.3, 0.4) is 0 Å². The molecule has 1 heterocycles. The number of halogens is 2. The molecule has 0 saturated heterocycles. The van der Waals surface area contributed by atoms with E-state index in [1.807, 2.05) is 18.2 Å². The predicted octanol–water partition coefficient (Wildman–Crippen LogP) is 5.18. The normalized spacial score (nSPS) is 10.5. The summed E-state index contributed by atoms with van der Waals surface area (Å²) in [6, 6.07) is 12.2. The van der Waals surface area contributed by atoms with Gasteiger partial charge in [0.1, 0.15) is 0 Å². The van der Waals surface area contributed by atoms with Gasteiger partial charge in [-0.15, -0.1) is 0 Å². The number of carbonyl (C=O) groups is 2. The minimum Gasteiger partial charge on any atom is -0.441 e. The molecule has 0 aliphatic heterocycles. The summed E-state index contributed by atoms with van der Waals surface area (Å²) >= 11 is 12.3. The summed E-state index contributed by atoms with van der Waals surface area (Å²) in [5, 5.41) is 6.27. The van der Waals surface area contributed by atoms with E-state index in [1.54, 1.807) is 30.5 Å². The van der Waals surface area contributed by atoms with Crippen molar-refractivity contribution in [2.45, 2.75) is 19.8 Å². The Balaban J connectivity index is 1.57. The maximum absolute atomic E-state index is 12.2. The number of benzene rings is 2. The quantitative estimate of drug-likeness (QED) is 0.578. The molecule has 3 aromatic rings. The zero-order valence-electron chi connectivity index (χ0n) is 15.0. The standard InChI is InChI=1S/C20H17Cl2N3O3/c1-12(26)24-17-7-6-13(10-16(17)22)25-19(27)8-9-20-23-11-18(28-20)14-4-2-3-5-15(14)21/h2-7,10-11H,8-9H2,1H3,(H,24,26)(H,25,27). The molecule has 28 heavy (non-hydrogen) atoms. The van der Waals surface area contributed by atoms with E-state index in [0.717, 1.165) is 5.56 Å². The number of aryl methyl sites for hydroxylation is 1. The van der Waals surface area contributed by atoms with Crippen molar-refractivity contribution in [3.63, 3.8) is 0 Å². The molecule has 0 aliphatic rings.